The quantitative estimate of drug-likeness (QED) is 0.644. The monoisotopic (exact) mass is 159 g/mol. The van der Waals surface area contributed by atoms with E-state index in [0.717, 1.165) is 0 Å². The third-order valence-electron chi connectivity index (χ3n) is 1.30. The van der Waals surface area contributed by atoms with Gasteiger partial charge in [0, 0.05) is 6.61 Å². The largest absolute Gasteiger partial charge is 0.380 e. The highest BCUT2D eigenvalue weighted by atomic mass is 16.5. The van der Waals surface area contributed by atoms with Crippen LogP contribution in [-0.2, 0) is 9.53 Å². The minimum absolute atomic E-state index is 0.172. The first-order valence-corrected chi connectivity index (χ1v) is 3.91. The van der Waals surface area contributed by atoms with Crippen LogP contribution in [-0.4, -0.2) is 19.1 Å². The molecule has 0 saturated carbocycles. The summed E-state index contributed by atoms with van der Waals surface area (Å²) in [5.41, 5.74) is 5.03. The molecule has 0 rings (SSSR count). The maximum atomic E-state index is 10.5. The van der Waals surface area contributed by atoms with E-state index in [0.29, 0.717) is 19.1 Å². The summed E-state index contributed by atoms with van der Waals surface area (Å²) in [4.78, 5) is 10.5. The van der Waals surface area contributed by atoms with Gasteiger partial charge in [0.1, 0.15) is 0 Å². The first-order valence-electron chi connectivity index (χ1n) is 3.91. The fourth-order valence-electron chi connectivity index (χ4n) is 0.563. The summed E-state index contributed by atoms with van der Waals surface area (Å²) in [5.74, 6) is 0.0394. The summed E-state index contributed by atoms with van der Waals surface area (Å²) in [5, 5.41) is 0. The third-order valence-corrected chi connectivity index (χ3v) is 1.30. The highest BCUT2D eigenvalue weighted by molar-refractivity contribution is 5.76. The van der Waals surface area contributed by atoms with Gasteiger partial charge >= 0.3 is 0 Å². The number of ether oxygens (including phenoxy) is 1. The maximum absolute atomic E-state index is 10.5. The predicted octanol–water partition coefficient (Wildman–Crippen LogP) is 0.780. The fourth-order valence-corrected chi connectivity index (χ4v) is 0.563. The standard InChI is InChI=1S/C8H17NO2/c1-6(2)4-11-5-7(3)8(9)10/h6-7H,4-5H2,1-3H3,(H2,9,10)/t7-/m1/s1. The van der Waals surface area contributed by atoms with E-state index in [1.54, 1.807) is 6.92 Å². The molecule has 1 amide bonds. The van der Waals surface area contributed by atoms with Crippen molar-refractivity contribution in [3.05, 3.63) is 0 Å². The van der Waals surface area contributed by atoms with Crippen LogP contribution in [0.5, 0.6) is 0 Å². The molecule has 0 radical (unpaired) electrons. The van der Waals surface area contributed by atoms with Gasteiger partial charge in [-0.05, 0) is 5.92 Å². The topological polar surface area (TPSA) is 52.3 Å². The average molecular weight is 159 g/mol. The zero-order chi connectivity index (χ0) is 8.85. The fraction of sp³-hybridized carbons (Fsp3) is 0.875. The van der Waals surface area contributed by atoms with Gasteiger partial charge in [-0.2, -0.15) is 0 Å². The lowest BCUT2D eigenvalue weighted by Crippen LogP contribution is -2.25. The van der Waals surface area contributed by atoms with E-state index in [9.17, 15) is 4.79 Å². The number of amides is 1. The van der Waals surface area contributed by atoms with Gasteiger partial charge < -0.3 is 10.5 Å². The van der Waals surface area contributed by atoms with E-state index >= 15 is 0 Å². The number of rotatable bonds is 5. The van der Waals surface area contributed by atoms with Crippen LogP contribution in [0.2, 0.25) is 0 Å². The first kappa shape index (κ1) is 10.4. The molecule has 0 spiro atoms. The van der Waals surface area contributed by atoms with Gasteiger partial charge in [0.15, 0.2) is 0 Å². The van der Waals surface area contributed by atoms with Crippen molar-refractivity contribution in [2.45, 2.75) is 20.8 Å². The van der Waals surface area contributed by atoms with Gasteiger partial charge in [-0.15, -0.1) is 0 Å². The van der Waals surface area contributed by atoms with Crippen LogP contribution in [0, 0.1) is 11.8 Å². The molecule has 11 heavy (non-hydrogen) atoms. The Labute approximate surface area is 67.9 Å². The molecule has 0 aliphatic carbocycles. The number of carbonyl (C=O) groups is 1. The summed E-state index contributed by atoms with van der Waals surface area (Å²) in [7, 11) is 0. The number of hydrogen-bond donors (Lipinski definition) is 1. The van der Waals surface area contributed by atoms with Gasteiger partial charge in [-0.3, -0.25) is 4.79 Å². The van der Waals surface area contributed by atoms with Crippen molar-refractivity contribution in [3.8, 4) is 0 Å². The van der Waals surface area contributed by atoms with Crippen molar-refractivity contribution in [1.29, 1.82) is 0 Å². The van der Waals surface area contributed by atoms with E-state index in [1.165, 1.54) is 0 Å². The van der Waals surface area contributed by atoms with E-state index < -0.39 is 0 Å². The molecule has 3 heteroatoms. The number of carbonyl (C=O) groups excluding carboxylic acids is 1. The number of primary amides is 1. The highest BCUT2D eigenvalue weighted by Crippen LogP contribution is 1.97. The molecule has 0 unspecified atom stereocenters. The summed E-state index contributed by atoms with van der Waals surface area (Å²) in [6.45, 7) is 7.03. The smallest absolute Gasteiger partial charge is 0.222 e. The summed E-state index contributed by atoms with van der Waals surface area (Å²) in [6, 6.07) is 0. The Morgan fingerprint density at radius 1 is 1.36 bits per heavy atom. The van der Waals surface area contributed by atoms with Crippen molar-refractivity contribution in [1.82, 2.24) is 0 Å². The van der Waals surface area contributed by atoms with E-state index in [-0.39, 0.29) is 11.8 Å². The zero-order valence-electron chi connectivity index (χ0n) is 7.46. The molecule has 3 nitrogen and oxygen atoms in total. The second kappa shape index (κ2) is 5.13. The molecule has 0 aromatic heterocycles. The molecule has 0 aromatic carbocycles. The minimum atomic E-state index is -0.297. The highest BCUT2D eigenvalue weighted by Gasteiger charge is 2.08. The van der Waals surface area contributed by atoms with Gasteiger partial charge in [-0.25, -0.2) is 0 Å². The van der Waals surface area contributed by atoms with E-state index in [4.69, 9.17) is 10.5 Å². The van der Waals surface area contributed by atoms with Crippen molar-refractivity contribution in [3.63, 3.8) is 0 Å². The van der Waals surface area contributed by atoms with Gasteiger partial charge in [0.05, 0.1) is 12.5 Å². The molecular formula is C8H17NO2. The van der Waals surface area contributed by atoms with Crippen LogP contribution >= 0.6 is 0 Å². The Morgan fingerprint density at radius 3 is 2.27 bits per heavy atom. The Bertz CT molecular complexity index is 123. The second-order valence-electron chi connectivity index (χ2n) is 3.23. The lowest BCUT2D eigenvalue weighted by atomic mass is 10.2. The second-order valence-corrected chi connectivity index (χ2v) is 3.23. The SMILES string of the molecule is CC(C)COC[C@@H](C)C(N)=O. The van der Waals surface area contributed by atoms with Crippen LogP contribution in [0.25, 0.3) is 0 Å². The lowest BCUT2D eigenvalue weighted by Gasteiger charge is -2.09. The molecule has 1 atom stereocenters. The molecule has 0 fully saturated rings. The molecule has 0 aliphatic heterocycles. The number of nitrogens with two attached hydrogens (primary N) is 1. The summed E-state index contributed by atoms with van der Waals surface area (Å²) < 4.78 is 5.22. The van der Waals surface area contributed by atoms with Crippen molar-refractivity contribution >= 4 is 5.91 Å². The lowest BCUT2D eigenvalue weighted by molar-refractivity contribution is -0.123. The van der Waals surface area contributed by atoms with Crippen molar-refractivity contribution in [2.24, 2.45) is 17.6 Å². The van der Waals surface area contributed by atoms with Gasteiger partial charge in [-0.1, -0.05) is 20.8 Å². The predicted molar refractivity (Wildman–Crippen MR) is 44.0 cm³/mol. The third kappa shape index (κ3) is 5.85. The summed E-state index contributed by atoms with van der Waals surface area (Å²) in [6.07, 6.45) is 0. The Hall–Kier alpha value is -0.570. The molecular weight excluding hydrogens is 142 g/mol. The molecule has 0 aromatic rings. The first-order chi connectivity index (χ1) is 5.04. The molecule has 0 heterocycles. The molecule has 2 N–H and O–H groups in total. The Morgan fingerprint density at radius 2 is 1.91 bits per heavy atom. The van der Waals surface area contributed by atoms with E-state index in [1.807, 2.05) is 0 Å². The van der Waals surface area contributed by atoms with Crippen molar-refractivity contribution in [2.75, 3.05) is 13.2 Å². The van der Waals surface area contributed by atoms with Gasteiger partial charge in [0.25, 0.3) is 0 Å². The van der Waals surface area contributed by atoms with Crippen LogP contribution in [0.1, 0.15) is 20.8 Å². The molecule has 0 aliphatic rings. The van der Waals surface area contributed by atoms with Gasteiger partial charge in [0.2, 0.25) is 5.91 Å². The average Bonchev–Trinajstić information content (AvgIpc) is 1.86. The number of hydrogen-bond acceptors (Lipinski definition) is 2. The van der Waals surface area contributed by atoms with Crippen LogP contribution in [0.4, 0.5) is 0 Å². The summed E-state index contributed by atoms with van der Waals surface area (Å²) >= 11 is 0. The Balaban J connectivity index is 3.31. The minimum Gasteiger partial charge on any atom is -0.380 e. The maximum Gasteiger partial charge on any atom is 0.222 e. The van der Waals surface area contributed by atoms with Crippen LogP contribution in [0.3, 0.4) is 0 Å². The zero-order valence-corrected chi connectivity index (χ0v) is 7.46. The Kier molecular flexibility index (Phi) is 4.86. The molecule has 0 saturated heterocycles. The molecule has 0 bridgehead atoms. The van der Waals surface area contributed by atoms with Crippen molar-refractivity contribution < 1.29 is 9.53 Å². The van der Waals surface area contributed by atoms with E-state index in [2.05, 4.69) is 13.8 Å². The molecule has 66 valence electrons. The normalized spacial score (nSPS) is 13.5. The van der Waals surface area contributed by atoms with Crippen LogP contribution < -0.4 is 5.73 Å². The van der Waals surface area contributed by atoms with Crippen LogP contribution in [0.15, 0.2) is 0 Å².